The molecule has 0 aromatic heterocycles. The first-order valence-electron chi connectivity index (χ1n) is 9.42. The number of nitrogens with one attached hydrogen (secondary N) is 1. The van der Waals surface area contributed by atoms with Gasteiger partial charge in [0.2, 0.25) is 5.91 Å². The van der Waals surface area contributed by atoms with E-state index in [-0.39, 0.29) is 12.5 Å². The molecule has 8 nitrogen and oxygen atoms in total. The van der Waals surface area contributed by atoms with Crippen molar-refractivity contribution in [1.82, 2.24) is 4.90 Å². The van der Waals surface area contributed by atoms with Crippen LogP contribution in [0.3, 0.4) is 0 Å². The Morgan fingerprint density at radius 1 is 1.17 bits per heavy atom. The molecular formula is C21H27N3O5. The number of hydrogen-bond acceptors (Lipinski definition) is 6. The van der Waals surface area contributed by atoms with E-state index in [1.165, 1.54) is 24.1 Å². The van der Waals surface area contributed by atoms with Gasteiger partial charge < -0.3 is 24.6 Å². The molecule has 1 heterocycles. The average Bonchev–Trinajstić information content (AvgIpc) is 2.73. The first-order chi connectivity index (χ1) is 14.0. The van der Waals surface area contributed by atoms with Gasteiger partial charge >= 0.3 is 5.97 Å². The zero-order valence-electron chi connectivity index (χ0n) is 16.8. The van der Waals surface area contributed by atoms with Gasteiger partial charge in [-0.25, -0.2) is 4.79 Å². The number of morpholine rings is 1. The topological polar surface area (TPSA) is 88.2 Å². The molecule has 1 aromatic rings. The second kappa shape index (κ2) is 11.7. The molecule has 0 aliphatic carbocycles. The van der Waals surface area contributed by atoms with Crippen LogP contribution in [-0.4, -0.2) is 69.2 Å². The van der Waals surface area contributed by atoms with Crippen LogP contribution >= 0.6 is 0 Å². The van der Waals surface area contributed by atoms with E-state index < -0.39 is 18.5 Å². The van der Waals surface area contributed by atoms with E-state index in [1.54, 1.807) is 12.2 Å². The fourth-order valence-corrected chi connectivity index (χ4v) is 2.62. The van der Waals surface area contributed by atoms with Crippen molar-refractivity contribution in [3.63, 3.8) is 0 Å². The molecule has 0 saturated carbocycles. The van der Waals surface area contributed by atoms with Crippen LogP contribution in [0, 0.1) is 0 Å². The summed E-state index contributed by atoms with van der Waals surface area (Å²) in [4.78, 5) is 39.0. The molecule has 1 saturated heterocycles. The number of benzene rings is 1. The Morgan fingerprint density at radius 3 is 2.52 bits per heavy atom. The monoisotopic (exact) mass is 401 g/mol. The summed E-state index contributed by atoms with van der Waals surface area (Å²) >= 11 is 0. The Labute approximate surface area is 170 Å². The zero-order valence-corrected chi connectivity index (χ0v) is 16.8. The van der Waals surface area contributed by atoms with E-state index in [9.17, 15) is 14.4 Å². The van der Waals surface area contributed by atoms with Crippen molar-refractivity contribution in [2.45, 2.75) is 6.92 Å². The minimum Gasteiger partial charge on any atom is -0.452 e. The van der Waals surface area contributed by atoms with E-state index >= 15 is 0 Å². The first-order valence-corrected chi connectivity index (χ1v) is 9.42. The summed E-state index contributed by atoms with van der Waals surface area (Å²) in [5.41, 5.74) is 1.72. The Balaban J connectivity index is 1.75. The molecule has 1 N–H and O–H groups in total. The van der Waals surface area contributed by atoms with Gasteiger partial charge in [-0.1, -0.05) is 18.2 Å². The smallest absolute Gasteiger partial charge is 0.331 e. The lowest BCUT2D eigenvalue weighted by Crippen LogP contribution is -2.37. The first kappa shape index (κ1) is 22.2. The molecule has 0 unspecified atom stereocenters. The lowest BCUT2D eigenvalue weighted by atomic mass is 10.2. The minimum atomic E-state index is -0.616. The van der Waals surface area contributed by atoms with Gasteiger partial charge in [0.1, 0.15) is 0 Å². The summed E-state index contributed by atoms with van der Waals surface area (Å²) in [6.45, 7) is 4.35. The number of amides is 2. The van der Waals surface area contributed by atoms with E-state index in [0.29, 0.717) is 18.9 Å². The Kier molecular flexibility index (Phi) is 8.91. The zero-order chi connectivity index (χ0) is 21.1. The fourth-order valence-electron chi connectivity index (χ4n) is 2.62. The van der Waals surface area contributed by atoms with Gasteiger partial charge in [-0.05, 0) is 31.2 Å². The number of carbonyl (C=O) groups is 3. The van der Waals surface area contributed by atoms with Crippen molar-refractivity contribution in [3.8, 4) is 0 Å². The van der Waals surface area contributed by atoms with Gasteiger partial charge in [0, 0.05) is 37.6 Å². The number of nitrogens with zero attached hydrogens (tertiary/aromatic N) is 2. The quantitative estimate of drug-likeness (QED) is 0.404. The Hall–Kier alpha value is -3.13. The van der Waals surface area contributed by atoms with Crippen LogP contribution in [0.5, 0.6) is 0 Å². The summed E-state index contributed by atoms with van der Waals surface area (Å²) < 4.78 is 10.2. The maximum Gasteiger partial charge on any atom is 0.331 e. The molecule has 0 radical (unpaired) electrons. The van der Waals surface area contributed by atoms with Crippen LogP contribution in [0.15, 0.2) is 48.6 Å². The highest BCUT2D eigenvalue weighted by Gasteiger charge is 2.15. The number of anilines is 2. The van der Waals surface area contributed by atoms with Crippen LogP contribution in [0.2, 0.25) is 0 Å². The second-order valence-electron chi connectivity index (χ2n) is 6.44. The fraction of sp³-hybridized carbons (Fsp3) is 0.381. The molecule has 1 aliphatic heterocycles. The van der Waals surface area contributed by atoms with Crippen molar-refractivity contribution in [2.75, 3.05) is 56.7 Å². The molecule has 1 fully saturated rings. The summed E-state index contributed by atoms with van der Waals surface area (Å²) in [5, 5.41) is 2.75. The second-order valence-corrected chi connectivity index (χ2v) is 6.44. The molecule has 2 rings (SSSR count). The molecule has 2 amide bonds. The van der Waals surface area contributed by atoms with Gasteiger partial charge in [0.15, 0.2) is 6.61 Å². The molecule has 156 valence electrons. The van der Waals surface area contributed by atoms with Crippen molar-refractivity contribution >= 4 is 29.2 Å². The maximum absolute atomic E-state index is 12.2. The summed E-state index contributed by atoms with van der Waals surface area (Å²) in [6.07, 6.45) is 6.18. The maximum atomic E-state index is 12.2. The highest BCUT2D eigenvalue weighted by molar-refractivity contribution is 5.95. The van der Waals surface area contributed by atoms with Crippen LogP contribution in [0.25, 0.3) is 0 Å². The molecule has 29 heavy (non-hydrogen) atoms. The van der Waals surface area contributed by atoms with E-state index in [0.717, 1.165) is 18.8 Å². The number of hydrogen-bond donors (Lipinski definition) is 1. The van der Waals surface area contributed by atoms with Crippen LogP contribution in [-0.2, 0) is 23.9 Å². The van der Waals surface area contributed by atoms with Gasteiger partial charge in [-0.2, -0.15) is 0 Å². The standard InChI is InChI=1S/C21H27N3O5/c1-3-4-5-6-21(27)29-16-20(26)23(2)15-19(25)22-17-7-9-18(10-8-17)24-11-13-28-14-12-24/h3-10H,11-16H2,1-2H3,(H,22,25)/b4-3+,6-5+. The number of allylic oxidation sites excluding steroid dienone is 3. The highest BCUT2D eigenvalue weighted by Crippen LogP contribution is 2.19. The highest BCUT2D eigenvalue weighted by atomic mass is 16.5. The van der Waals surface area contributed by atoms with Crippen molar-refractivity contribution in [1.29, 1.82) is 0 Å². The summed E-state index contributed by atoms with van der Waals surface area (Å²) in [6, 6.07) is 7.53. The lowest BCUT2D eigenvalue weighted by Gasteiger charge is -2.28. The van der Waals surface area contributed by atoms with Gasteiger partial charge in [0.05, 0.1) is 19.8 Å². The third kappa shape index (κ3) is 7.79. The van der Waals surface area contributed by atoms with Crippen LogP contribution < -0.4 is 10.2 Å². The normalized spacial score (nSPS) is 14.2. The molecule has 0 atom stereocenters. The van der Waals surface area contributed by atoms with E-state index in [4.69, 9.17) is 9.47 Å². The third-order valence-electron chi connectivity index (χ3n) is 4.21. The predicted octanol–water partition coefficient (Wildman–Crippen LogP) is 1.60. The molecule has 1 aliphatic rings. The summed E-state index contributed by atoms with van der Waals surface area (Å²) in [5.74, 6) is -1.41. The SMILES string of the molecule is C/C=C/C=C/C(=O)OCC(=O)N(C)CC(=O)Nc1ccc(N2CCOCC2)cc1. The lowest BCUT2D eigenvalue weighted by molar-refractivity contribution is -0.148. The van der Waals surface area contributed by atoms with Crippen molar-refractivity contribution < 1.29 is 23.9 Å². The number of rotatable bonds is 8. The van der Waals surface area contributed by atoms with Crippen LogP contribution in [0.4, 0.5) is 11.4 Å². The average molecular weight is 401 g/mol. The molecule has 0 spiro atoms. The number of ether oxygens (including phenoxy) is 2. The third-order valence-corrected chi connectivity index (χ3v) is 4.21. The Bertz CT molecular complexity index is 752. The molecule has 8 heteroatoms. The Morgan fingerprint density at radius 2 is 1.86 bits per heavy atom. The number of likely N-dealkylation sites (N-methyl/N-ethyl adjacent to an activating group) is 1. The number of esters is 1. The molecular weight excluding hydrogens is 374 g/mol. The number of carbonyl (C=O) groups excluding carboxylic acids is 3. The molecule has 1 aromatic carbocycles. The van der Waals surface area contributed by atoms with E-state index in [1.807, 2.05) is 31.2 Å². The largest absolute Gasteiger partial charge is 0.452 e. The van der Waals surface area contributed by atoms with E-state index in [2.05, 4.69) is 10.2 Å². The van der Waals surface area contributed by atoms with Crippen molar-refractivity contribution in [3.05, 3.63) is 48.6 Å². The predicted molar refractivity (Wildman–Crippen MR) is 111 cm³/mol. The molecule has 0 bridgehead atoms. The van der Waals surface area contributed by atoms with Gasteiger partial charge in [0.25, 0.3) is 5.91 Å². The van der Waals surface area contributed by atoms with Crippen LogP contribution in [0.1, 0.15) is 6.92 Å². The minimum absolute atomic E-state index is 0.143. The van der Waals surface area contributed by atoms with Crippen molar-refractivity contribution in [2.24, 2.45) is 0 Å². The van der Waals surface area contributed by atoms with Gasteiger partial charge in [-0.15, -0.1) is 0 Å². The summed E-state index contributed by atoms with van der Waals surface area (Å²) in [7, 11) is 1.48. The van der Waals surface area contributed by atoms with Gasteiger partial charge in [-0.3, -0.25) is 9.59 Å².